The number of rotatable bonds is 23. The number of nitrogens with zero attached hydrogens (tertiary/aromatic N) is 1. The van der Waals surface area contributed by atoms with Gasteiger partial charge < -0.3 is 19.7 Å². The van der Waals surface area contributed by atoms with Crippen molar-refractivity contribution in [3.63, 3.8) is 0 Å². The predicted octanol–water partition coefficient (Wildman–Crippen LogP) is 8.38. The summed E-state index contributed by atoms with van der Waals surface area (Å²) in [6.45, 7) is 7.63. The lowest BCUT2D eigenvalue weighted by Crippen LogP contribution is -2.35. The third kappa shape index (κ3) is 14.5. The molecule has 5 nitrogen and oxygen atoms in total. The molecule has 0 bridgehead atoms. The van der Waals surface area contributed by atoms with Gasteiger partial charge in [-0.25, -0.2) is 0 Å². The molecule has 1 aliphatic rings. The van der Waals surface area contributed by atoms with Crippen molar-refractivity contribution in [3.8, 4) is 11.5 Å². The number of hydrogen-bond donors (Lipinski definition) is 1. The summed E-state index contributed by atoms with van der Waals surface area (Å²) in [7, 11) is 1.65. The smallest absolute Gasteiger partial charge is 0.224 e. The highest BCUT2D eigenvalue weighted by Gasteiger charge is 2.13. The molecular formula is C34H56N2O3. The maximum atomic E-state index is 12.6. The minimum Gasteiger partial charge on any atom is -0.496 e. The number of amides is 1. The van der Waals surface area contributed by atoms with Crippen LogP contribution in [0.5, 0.6) is 11.5 Å². The molecule has 1 aromatic rings. The van der Waals surface area contributed by atoms with Gasteiger partial charge in [0.1, 0.15) is 11.5 Å². The number of carbonyl (C=O) groups excluding carboxylic acids is 1. The first-order valence-electron chi connectivity index (χ1n) is 15.8. The monoisotopic (exact) mass is 540 g/mol. The molecule has 0 saturated carbocycles. The van der Waals surface area contributed by atoms with E-state index in [1.807, 2.05) is 18.2 Å². The normalized spacial score (nSPS) is 12.9. The molecule has 1 aliphatic heterocycles. The van der Waals surface area contributed by atoms with Gasteiger partial charge in [-0.15, -0.1) is 0 Å². The van der Waals surface area contributed by atoms with E-state index in [-0.39, 0.29) is 5.91 Å². The van der Waals surface area contributed by atoms with Crippen LogP contribution in [0.2, 0.25) is 0 Å². The second kappa shape index (κ2) is 21.4. The van der Waals surface area contributed by atoms with Crippen LogP contribution in [-0.4, -0.2) is 44.2 Å². The maximum Gasteiger partial charge on any atom is 0.224 e. The van der Waals surface area contributed by atoms with Gasteiger partial charge in [0, 0.05) is 30.4 Å². The Bertz CT molecular complexity index is 849. The first-order valence-corrected chi connectivity index (χ1v) is 15.8. The van der Waals surface area contributed by atoms with E-state index in [2.05, 4.69) is 42.3 Å². The van der Waals surface area contributed by atoms with Crippen molar-refractivity contribution < 1.29 is 14.3 Å². The Balaban J connectivity index is 1.56. The Morgan fingerprint density at radius 1 is 0.872 bits per heavy atom. The minimum absolute atomic E-state index is 0.00345. The molecule has 2 rings (SSSR count). The fraction of sp³-hybridized carbons (Fsp3) is 0.676. The molecule has 0 radical (unpaired) electrons. The third-order valence-corrected chi connectivity index (χ3v) is 7.49. The van der Waals surface area contributed by atoms with Crippen LogP contribution < -0.4 is 14.8 Å². The van der Waals surface area contributed by atoms with Crippen molar-refractivity contribution in [1.82, 2.24) is 10.2 Å². The molecule has 1 amide bonds. The zero-order valence-corrected chi connectivity index (χ0v) is 25.3. The molecule has 0 unspecified atom stereocenters. The maximum absolute atomic E-state index is 12.6. The van der Waals surface area contributed by atoms with Gasteiger partial charge in [-0.05, 0) is 25.0 Å². The van der Waals surface area contributed by atoms with E-state index in [1.165, 1.54) is 83.5 Å². The Morgan fingerprint density at radius 3 is 2.13 bits per heavy atom. The minimum atomic E-state index is -0.00345. The van der Waals surface area contributed by atoms with Gasteiger partial charge in [-0.1, -0.05) is 116 Å². The predicted molar refractivity (Wildman–Crippen MR) is 165 cm³/mol. The molecule has 5 heteroatoms. The van der Waals surface area contributed by atoms with E-state index in [0.717, 1.165) is 49.5 Å². The summed E-state index contributed by atoms with van der Waals surface area (Å²) in [5.74, 6) is 1.51. The SMILES string of the molecule is CCCCCCCCCCCCCCCCOc1ccc(CC(=O)NCC2=CC=CCN2CCC)c(OC)c1. The van der Waals surface area contributed by atoms with E-state index < -0.39 is 0 Å². The van der Waals surface area contributed by atoms with E-state index in [9.17, 15) is 4.79 Å². The highest BCUT2D eigenvalue weighted by molar-refractivity contribution is 5.79. The highest BCUT2D eigenvalue weighted by atomic mass is 16.5. The fourth-order valence-corrected chi connectivity index (χ4v) is 5.14. The molecule has 0 atom stereocenters. The number of hydrogen-bond acceptors (Lipinski definition) is 4. The van der Waals surface area contributed by atoms with Gasteiger partial charge in [0.25, 0.3) is 0 Å². The van der Waals surface area contributed by atoms with Gasteiger partial charge in [0.2, 0.25) is 5.91 Å². The van der Waals surface area contributed by atoms with Gasteiger partial charge in [0.05, 0.1) is 26.7 Å². The number of allylic oxidation sites excluding steroid dienone is 2. The van der Waals surface area contributed by atoms with Crippen molar-refractivity contribution in [2.75, 3.05) is 33.4 Å². The number of benzene rings is 1. The zero-order chi connectivity index (χ0) is 28.0. The lowest BCUT2D eigenvalue weighted by atomic mass is 10.0. The number of carbonyl (C=O) groups is 1. The zero-order valence-electron chi connectivity index (χ0n) is 25.3. The van der Waals surface area contributed by atoms with Gasteiger partial charge >= 0.3 is 0 Å². The first-order chi connectivity index (χ1) is 19.2. The first kappa shape index (κ1) is 32.8. The van der Waals surface area contributed by atoms with Crippen LogP contribution >= 0.6 is 0 Å². The third-order valence-electron chi connectivity index (χ3n) is 7.49. The fourth-order valence-electron chi connectivity index (χ4n) is 5.14. The summed E-state index contributed by atoms with van der Waals surface area (Å²) < 4.78 is 11.5. The summed E-state index contributed by atoms with van der Waals surface area (Å²) in [6, 6.07) is 5.81. The van der Waals surface area contributed by atoms with Crippen LogP contribution in [0.1, 0.15) is 116 Å². The van der Waals surface area contributed by atoms with Gasteiger partial charge in [0.15, 0.2) is 0 Å². The van der Waals surface area contributed by atoms with Crippen molar-refractivity contribution in [2.45, 2.75) is 117 Å². The highest BCUT2D eigenvalue weighted by Crippen LogP contribution is 2.25. The Kier molecular flexibility index (Phi) is 18.0. The van der Waals surface area contributed by atoms with Gasteiger partial charge in [-0.2, -0.15) is 0 Å². The van der Waals surface area contributed by atoms with E-state index in [1.54, 1.807) is 7.11 Å². The number of ether oxygens (including phenoxy) is 2. The largest absolute Gasteiger partial charge is 0.496 e. The quantitative estimate of drug-likeness (QED) is 0.142. The molecule has 0 spiro atoms. The van der Waals surface area contributed by atoms with Crippen LogP contribution in [0.25, 0.3) is 0 Å². The molecule has 1 aromatic carbocycles. The van der Waals surface area contributed by atoms with E-state index in [0.29, 0.717) is 18.7 Å². The van der Waals surface area contributed by atoms with Crippen molar-refractivity contribution in [3.05, 3.63) is 47.7 Å². The number of nitrogens with one attached hydrogen (secondary N) is 1. The second-order valence-electron chi connectivity index (χ2n) is 10.9. The van der Waals surface area contributed by atoms with E-state index in [4.69, 9.17) is 9.47 Å². The standard InChI is InChI=1S/C34H56N2O3/c1-4-6-7-8-9-10-11-12-13-14-15-16-17-20-26-39-32-23-22-30(33(28-32)38-3)27-34(37)35-29-31-21-18-19-25-36(31)24-5-2/h18-19,21-23,28H,4-17,20,24-27,29H2,1-3H3,(H,35,37). The Morgan fingerprint density at radius 2 is 1.51 bits per heavy atom. The lowest BCUT2D eigenvalue weighted by Gasteiger charge is -2.28. The van der Waals surface area contributed by atoms with Crippen LogP contribution in [0, 0.1) is 0 Å². The molecule has 1 N–H and O–H groups in total. The van der Waals surface area contributed by atoms with Crippen LogP contribution in [0.3, 0.4) is 0 Å². The topological polar surface area (TPSA) is 50.8 Å². The summed E-state index contributed by atoms with van der Waals surface area (Å²) in [5.41, 5.74) is 2.04. The van der Waals surface area contributed by atoms with Crippen LogP contribution in [0.4, 0.5) is 0 Å². The summed E-state index contributed by atoms with van der Waals surface area (Å²) >= 11 is 0. The number of unbranched alkanes of at least 4 members (excludes halogenated alkanes) is 13. The summed E-state index contributed by atoms with van der Waals surface area (Å²) in [6.07, 6.45) is 26.6. The number of methoxy groups -OCH3 is 1. The lowest BCUT2D eigenvalue weighted by molar-refractivity contribution is -0.120. The Hall–Kier alpha value is -2.43. The van der Waals surface area contributed by atoms with E-state index >= 15 is 0 Å². The molecule has 0 aliphatic carbocycles. The molecule has 220 valence electrons. The van der Waals surface area contributed by atoms with Crippen LogP contribution in [-0.2, 0) is 11.2 Å². The molecule has 0 fully saturated rings. The average molecular weight is 541 g/mol. The molecular weight excluding hydrogens is 484 g/mol. The summed E-state index contributed by atoms with van der Waals surface area (Å²) in [5, 5.41) is 3.07. The molecule has 39 heavy (non-hydrogen) atoms. The molecule has 0 saturated heterocycles. The second-order valence-corrected chi connectivity index (χ2v) is 10.9. The van der Waals surface area contributed by atoms with Crippen molar-refractivity contribution >= 4 is 5.91 Å². The summed E-state index contributed by atoms with van der Waals surface area (Å²) in [4.78, 5) is 15.0. The molecule has 0 aromatic heterocycles. The average Bonchev–Trinajstić information content (AvgIpc) is 2.95. The Labute approximate surface area is 239 Å². The molecule has 1 heterocycles. The van der Waals surface area contributed by atoms with Gasteiger partial charge in [-0.3, -0.25) is 4.79 Å². The van der Waals surface area contributed by atoms with Crippen molar-refractivity contribution in [2.24, 2.45) is 0 Å². The van der Waals surface area contributed by atoms with Crippen LogP contribution in [0.15, 0.2) is 42.1 Å². The van der Waals surface area contributed by atoms with Crippen molar-refractivity contribution in [1.29, 1.82) is 0 Å².